The van der Waals surface area contributed by atoms with Crippen LogP contribution in [0.25, 0.3) is 0 Å². The molecule has 2 aromatic carbocycles. The zero-order valence-electron chi connectivity index (χ0n) is 12.8. The molecule has 118 valence electrons. The normalized spacial score (nSPS) is 12.7. The number of nitriles is 1. The van der Waals surface area contributed by atoms with E-state index in [0.717, 1.165) is 5.56 Å². The second kappa shape index (κ2) is 7.97. The number of ether oxygens (including phenoxy) is 1. The molecule has 0 aliphatic rings. The lowest BCUT2D eigenvalue weighted by atomic mass is 10.1. The number of carbonyl (C=O) groups is 1. The standard InChI is InChI=1S/C18H18N2O3/c1-13(23-16-9-7-14(11-19)8-10-16)18(22)20-17(12-21)15-5-3-2-4-6-15/h2-10,13,17,21H,12H2,1H3,(H,20,22). The molecule has 0 heterocycles. The van der Waals surface area contributed by atoms with Gasteiger partial charge in [0.25, 0.3) is 5.91 Å². The smallest absolute Gasteiger partial charge is 0.261 e. The number of rotatable bonds is 6. The summed E-state index contributed by atoms with van der Waals surface area (Å²) >= 11 is 0. The number of aliphatic hydroxyl groups excluding tert-OH is 1. The topological polar surface area (TPSA) is 82.3 Å². The van der Waals surface area contributed by atoms with Gasteiger partial charge in [0.15, 0.2) is 6.10 Å². The summed E-state index contributed by atoms with van der Waals surface area (Å²) in [7, 11) is 0. The number of hydrogen-bond donors (Lipinski definition) is 2. The Balaban J connectivity index is 1.97. The van der Waals surface area contributed by atoms with Crippen LogP contribution in [0.15, 0.2) is 54.6 Å². The molecule has 0 fully saturated rings. The third-order valence-corrected chi connectivity index (χ3v) is 3.37. The third-order valence-electron chi connectivity index (χ3n) is 3.37. The van der Waals surface area contributed by atoms with Crippen LogP contribution in [0, 0.1) is 11.3 Å². The van der Waals surface area contributed by atoms with E-state index in [1.54, 1.807) is 31.2 Å². The number of aliphatic hydroxyl groups is 1. The molecule has 0 aromatic heterocycles. The van der Waals surface area contributed by atoms with Crippen LogP contribution in [0.2, 0.25) is 0 Å². The van der Waals surface area contributed by atoms with Crippen molar-refractivity contribution in [3.05, 3.63) is 65.7 Å². The quantitative estimate of drug-likeness (QED) is 0.856. The number of carbonyl (C=O) groups excluding carboxylic acids is 1. The van der Waals surface area contributed by atoms with Crippen LogP contribution in [-0.4, -0.2) is 23.7 Å². The maximum atomic E-state index is 12.2. The molecule has 2 rings (SSSR count). The van der Waals surface area contributed by atoms with E-state index in [4.69, 9.17) is 10.00 Å². The summed E-state index contributed by atoms with van der Waals surface area (Å²) in [6, 6.07) is 17.3. The van der Waals surface area contributed by atoms with Gasteiger partial charge in [0.2, 0.25) is 0 Å². The first-order valence-corrected chi connectivity index (χ1v) is 7.27. The van der Waals surface area contributed by atoms with Gasteiger partial charge in [0, 0.05) is 0 Å². The second-order valence-electron chi connectivity index (χ2n) is 5.05. The minimum absolute atomic E-state index is 0.195. The van der Waals surface area contributed by atoms with Crippen molar-refractivity contribution in [1.82, 2.24) is 5.32 Å². The zero-order chi connectivity index (χ0) is 16.7. The van der Waals surface area contributed by atoms with Gasteiger partial charge in [-0.1, -0.05) is 30.3 Å². The van der Waals surface area contributed by atoms with Crippen molar-refractivity contribution in [2.75, 3.05) is 6.61 Å². The van der Waals surface area contributed by atoms with Crippen molar-refractivity contribution in [1.29, 1.82) is 5.26 Å². The molecule has 2 unspecified atom stereocenters. The summed E-state index contributed by atoms with van der Waals surface area (Å²) < 4.78 is 5.55. The first kappa shape index (κ1) is 16.5. The molecule has 1 amide bonds. The summed E-state index contributed by atoms with van der Waals surface area (Å²) in [5.41, 5.74) is 1.35. The van der Waals surface area contributed by atoms with E-state index in [9.17, 15) is 9.90 Å². The highest BCUT2D eigenvalue weighted by molar-refractivity contribution is 5.81. The van der Waals surface area contributed by atoms with Crippen molar-refractivity contribution in [2.45, 2.75) is 19.1 Å². The number of nitrogens with zero attached hydrogens (tertiary/aromatic N) is 1. The molecule has 2 atom stereocenters. The lowest BCUT2D eigenvalue weighted by Crippen LogP contribution is -2.39. The van der Waals surface area contributed by atoms with Crippen molar-refractivity contribution in [3.8, 4) is 11.8 Å². The van der Waals surface area contributed by atoms with Crippen LogP contribution in [0.5, 0.6) is 5.75 Å². The van der Waals surface area contributed by atoms with Gasteiger partial charge < -0.3 is 15.2 Å². The molecule has 0 aliphatic carbocycles. The maximum Gasteiger partial charge on any atom is 0.261 e. The van der Waals surface area contributed by atoms with Crippen molar-refractivity contribution in [3.63, 3.8) is 0 Å². The van der Waals surface area contributed by atoms with Crippen LogP contribution in [0.3, 0.4) is 0 Å². The van der Waals surface area contributed by atoms with Crippen LogP contribution in [0.4, 0.5) is 0 Å². The largest absolute Gasteiger partial charge is 0.481 e. The molecule has 0 spiro atoms. The Morgan fingerprint density at radius 3 is 2.43 bits per heavy atom. The second-order valence-corrected chi connectivity index (χ2v) is 5.05. The molecular formula is C18H18N2O3. The molecule has 0 saturated heterocycles. The van der Waals surface area contributed by atoms with E-state index >= 15 is 0 Å². The summed E-state index contributed by atoms with van der Waals surface area (Å²) in [6.07, 6.45) is -0.722. The Hall–Kier alpha value is -2.84. The van der Waals surface area contributed by atoms with Gasteiger partial charge in [-0.2, -0.15) is 5.26 Å². The van der Waals surface area contributed by atoms with E-state index in [0.29, 0.717) is 11.3 Å². The minimum Gasteiger partial charge on any atom is -0.481 e. The summed E-state index contributed by atoms with van der Waals surface area (Å²) in [6.45, 7) is 1.44. The number of hydrogen-bond acceptors (Lipinski definition) is 4. The van der Waals surface area contributed by atoms with Crippen molar-refractivity contribution >= 4 is 5.91 Å². The van der Waals surface area contributed by atoms with Gasteiger partial charge in [-0.15, -0.1) is 0 Å². The molecule has 5 heteroatoms. The van der Waals surface area contributed by atoms with Crippen molar-refractivity contribution in [2.24, 2.45) is 0 Å². The van der Waals surface area contributed by atoms with Gasteiger partial charge in [-0.25, -0.2) is 0 Å². The molecule has 2 aromatic rings. The van der Waals surface area contributed by atoms with Gasteiger partial charge in [-0.3, -0.25) is 4.79 Å². The fraction of sp³-hybridized carbons (Fsp3) is 0.222. The predicted molar refractivity (Wildman–Crippen MR) is 85.7 cm³/mol. The van der Waals surface area contributed by atoms with Gasteiger partial charge in [-0.05, 0) is 36.8 Å². The lowest BCUT2D eigenvalue weighted by molar-refractivity contribution is -0.128. The van der Waals surface area contributed by atoms with E-state index in [1.165, 1.54) is 0 Å². The third kappa shape index (κ3) is 4.56. The van der Waals surface area contributed by atoms with E-state index in [-0.39, 0.29) is 12.5 Å². The van der Waals surface area contributed by atoms with E-state index in [2.05, 4.69) is 5.32 Å². The van der Waals surface area contributed by atoms with E-state index in [1.807, 2.05) is 36.4 Å². The Bertz CT molecular complexity index is 678. The highest BCUT2D eigenvalue weighted by Crippen LogP contribution is 2.15. The Morgan fingerprint density at radius 1 is 1.22 bits per heavy atom. The lowest BCUT2D eigenvalue weighted by Gasteiger charge is -2.20. The molecular weight excluding hydrogens is 292 g/mol. The van der Waals surface area contributed by atoms with Crippen LogP contribution < -0.4 is 10.1 Å². The minimum atomic E-state index is -0.722. The highest BCUT2D eigenvalue weighted by atomic mass is 16.5. The number of nitrogens with one attached hydrogen (secondary N) is 1. The SMILES string of the molecule is CC(Oc1ccc(C#N)cc1)C(=O)NC(CO)c1ccccc1. The van der Waals surface area contributed by atoms with E-state index < -0.39 is 12.1 Å². The fourth-order valence-corrected chi connectivity index (χ4v) is 2.07. The van der Waals surface area contributed by atoms with Crippen LogP contribution in [0.1, 0.15) is 24.1 Å². The zero-order valence-corrected chi connectivity index (χ0v) is 12.8. The number of amides is 1. The first-order chi connectivity index (χ1) is 11.1. The average molecular weight is 310 g/mol. The summed E-state index contributed by atoms with van der Waals surface area (Å²) in [4.78, 5) is 12.2. The molecule has 2 N–H and O–H groups in total. The predicted octanol–water partition coefficient (Wildman–Crippen LogP) is 2.18. The Labute approximate surface area is 135 Å². The molecule has 0 saturated carbocycles. The molecule has 0 bridgehead atoms. The van der Waals surface area contributed by atoms with Crippen LogP contribution >= 0.6 is 0 Å². The maximum absolute atomic E-state index is 12.2. The monoisotopic (exact) mass is 310 g/mol. The highest BCUT2D eigenvalue weighted by Gasteiger charge is 2.19. The Kier molecular flexibility index (Phi) is 5.73. The Morgan fingerprint density at radius 2 is 1.87 bits per heavy atom. The summed E-state index contributed by atoms with van der Waals surface area (Å²) in [5, 5.41) is 21.0. The van der Waals surface area contributed by atoms with Gasteiger partial charge in [0.05, 0.1) is 24.3 Å². The molecule has 0 aliphatic heterocycles. The first-order valence-electron chi connectivity index (χ1n) is 7.27. The fourth-order valence-electron chi connectivity index (χ4n) is 2.07. The van der Waals surface area contributed by atoms with Gasteiger partial charge >= 0.3 is 0 Å². The van der Waals surface area contributed by atoms with Crippen molar-refractivity contribution < 1.29 is 14.6 Å². The molecule has 5 nitrogen and oxygen atoms in total. The van der Waals surface area contributed by atoms with Crippen LogP contribution in [-0.2, 0) is 4.79 Å². The number of benzene rings is 2. The molecule has 23 heavy (non-hydrogen) atoms. The summed E-state index contributed by atoms with van der Waals surface area (Å²) in [5.74, 6) is 0.184. The molecule has 0 radical (unpaired) electrons. The average Bonchev–Trinajstić information content (AvgIpc) is 2.60. The van der Waals surface area contributed by atoms with Gasteiger partial charge in [0.1, 0.15) is 5.75 Å².